The number of hydrogen-bond donors (Lipinski definition) is 2. The van der Waals surface area contributed by atoms with Gasteiger partial charge in [0.1, 0.15) is 0 Å². The van der Waals surface area contributed by atoms with Gasteiger partial charge in [-0.25, -0.2) is 4.98 Å². The number of nitrogens with two attached hydrogens (primary N) is 1. The molecule has 1 unspecified atom stereocenters. The van der Waals surface area contributed by atoms with Crippen molar-refractivity contribution in [2.75, 3.05) is 5.75 Å². The zero-order valence-electron chi connectivity index (χ0n) is 12.2. The number of H-pyrrole nitrogens is 1. The van der Waals surface area contributed by atoms with E-state index in [2.05, 4.69) is 16.9 Å². The molecule has 20 heavy (non-hydrogen) atoms. The van der Waals surface area contributed by atoms with E-state index in [-0.39, 0.29) is 11.6 Å². The molecule has 4 nitrogen and oxygen atoms in total. The van der Waals surface area contributed by atoms with Crippen LogP contribution in [0, 0.1) is 5.92 Å². The summed E-state index contributed by atoms with van der Waals surface area (Å²) >= 11 is 1.58. The van der Waals surface area contributed by atoms with E-state index in [1.54, 1.807) is 17.8 Å². The van der Waals surface area contributed by atoms with E-state index < -0.39 is 0 Å². The number of thioether (sulfide) groups is 1. The Kier molecular flexibility index (Phi) is 6.10. The minimum absolute atomic E-state index is 0.0582. The zero-order chi connectivity index (χ0) is 14.4. The SMILES string of the molecule is CCCc1cc(=O)[nH]c(SCC(N)C2CCCCC2)n1. The Labute approximate surface area is 125 Å². The van der Waals surface area contributed by atoms with Crippen molar-refractivity contribution in [1.29, 1.82) is 0 Å². The molecule has 1 aliphatic carbocycles. The van der Waals surface area contributed by atoms with E-state index in [9.17, 15) is 4.79 Å². The maximum atomic E-state index is 11.6. The topological polar surface area (TPSA) is 71.8 Å². The minimum Gasteiger partial charge on any atom is -0.327 e. The van der Waals surface area contributed by atoms with Gasteiger partial charge in [-0.05, 0) is 25.2 Å². The first-order valence-corrected chi connectivity index (χ1v) is 8.66. The molecule has 2 rings (SSSR count). The van der Waals surface area contributed by atoms with Gasteiger partial charge in [-0.3, -0.25) is 4.79 Å². The van der Waals surface area contributed by atoms with Gasteiger partial charge in [0.25, 0.3) is 5.56 Å². The van der Waals surface area contributed by atoms with Crippen molar-refractivity contribution in [3.63, 3.8) is 0 Å². The smallest absolute Gasteiger partial charge is 0.251 e. The molecule has 1 atom stereocenters. The standard InChI is InChI=1S/C15H25N3OS/c1-2-6-12-9-14(19)18-15(17-12)20-10-13(16)11-7-4-3-5-8-11/h9,11,13H,2-8,10,16H2,1H3,(H,17,18,19). The summed E-state index contributed by atoms with van der Waals surface area (Å²) in [4.78, 5) is 18.9. The third-order valence-electron chi connectivity index (χ3n) is 3.95. The lowest BCUT2D eigenvalue weighted by molar-refractivity contribution is 0.319. The summed E-state index contributed by atoms with van der Waals surface area (Å²) in [5, 5.41) is 0.715. The Morgan fingerprint density at radius 3 is 2.90 bits per heavy atom. The first kappa shape index (κ1) is 15.6. The molecular weight excluding hydrogens is 270 g/mol. The fraction of sp³-hybridized carbons (Fsp3) is 0.733. The highest BCUT2D eigenvalue weighted by Gasteiger charge is 2.20. The molecule has 0 saturated heterocycles. The summed E-state index contributed by atoms with van der Waals surface area (Å²) < 4.78 is 0. The van der Waals surface area contributed by atoms with Crippen molar-refractivity contribution in [2.45, 2.75) is 63.1 Å². The van der Waals surface area contributed by atoms with Gasteiger partial charge in [-0.15, -0.1) is 0 Å². The second kappa shape index (κ2) is 7.84. The van der Waals surface area contributed by atoms with E-state index in [0.717, 1.165) is 24.3 Å². The highest BCUT2D eigenvalue weighted by atomic mass is 32.2. The molecule has 1 aliphatic rings. The first-order chi connectivity index (χ1) is 9.69. The third-order valence-corrected chi connectivity index (χ3v) is 4.97. The fourth-order valence-electron chi connectivity index (χ4n) is 2.81. The zero-order valence-corrected chi connectivity index (χ0v) is 13.0. The van der Waals surface area contributed by atoms with Crippen molar-refractivity contribution in [3.05, 3.63) is 22.1 Å². The highest BCUT2D eigenvalue weighted by Crippen LogP contribution is 2.27. The molecule has 0 amide bonds. The van der Waals surface area contributed by atoms with Crippen molar-refractivity contribution in [1.82, 2.24) is 9.97 Å². The summed E-state index contributed by atoms with van der Waals surface area (Å²) in [6, 6.07) is 1.80. The number of nitrogens with one attached hydrogen (secondary N) is 1. The Morgan fingerprint density at radius 1 is 1.45 bits per heavy atom. The molecule has 1 aromatic heterocycles. The third kappa shape index (κ3) is 4.63. The second-order valence-corrected chi connectivity index (χ2v) is 6.67. The fourth-order valence-corrected chi connectivity index (χ4v) is 3.79. The largest absolute Gasteiger partial charge is 0.327 e. The summed E-state index contributed by atoms with van der Waals surface area (Å²) in [5.74, 6) is 1.48. The van der Waals surface area contributed by atoms with E-state index in [1.807, 2.05) is 0 Å². The number of aromatic amines is 1. The molecule has 0 spiro atoms. The molecule has 0 bridgehead atoms. The molecular formula is C15H25N3OS. The van der Waals surface area contributed by atoms with E-state index >= 15 is 0 Å². The van der Waals surface area contributed by atoms with Crippen molar-refractivity contribution >= 4 is 11.8 Å². The molecule has 1 fully saturated rings. The van der Waals surface area contributed by atoms with Gasteiger partial charge in [-0.2, -0.15) is 0 Å². The van der Waals surface area contributed by atoms with Crippen LogP contribution in [-0.4, -0.2) is 21.8 Å². The summed E-state index contributed by atoms with van der Waals surface area (Å²) in [6.07, 6.45) is 8.33. The van der Waals surface area contributed by atoms with Crippen LogP contribution in [-0.2, 0) is 6.42 Å². The summed E-state index contributed by atoms with van der Waals surface area (Å²) in [5.41, 5.74) is 7.11. The Hall–Kier alpha value is -0.810. The van der Waals surface area contributed by atoms with Crippen LogP contribution < -0.4 is 11.3 Å². The van der Waals surface area contributed by atoms with Crippen LogP contribution in [0.1, 0.15) is 51.1 Å². The molecule has 112 valence electrons. The van der Waals surface area contributed by atoms with Crippen LogP contribution >= 0.6 is 11.8 Å². The molecule has 5 heteroatoms. The predicted molar refractivity (Wildman–Crippen MR) is 84.1 cm³/mol. The van der Waals surface area contributed by atoms with Crippen LogP contribution in [0.3, 0.4) is 0 Å². The van der Waals surface area contributed by atoms with Gasteiger partial charge in [0.15, 0.2) is 5.16 Å². The monoisotopic (exact) mass is 295 g/mol. The first-order valence-electron chi connectivity index (χ1n) is 7.67. The summed E-state index contributed by atoms with van der Waals surface area (Å²) in [6.45, 7) is 2.09. The van der Waals surface area contributed by atoms with E-state index in [0.29, 0.717) is 11.1 Å². The number of rotatable bonds is 6. The highest BCUT2D eigenvalue weighted by molar-refractivity contribution is 7.99. The van der Waals surface area contributed by atoms with Crippen LogP contribution in [0.15, 0.2) is 16.0 Å². The maximum Gasteiger partial charge on any atom is 0.251 e. The molecule has 0 aliphatic heterocycles. The quantitative estimate of drug-likeness (QED) is 0.625. The average Bonchev–Trinajstić information content (AvgIpc) is 2.45. The van der Waals surface area contributed by atoms with E-state index in [4.69, 9.17) is 5.73 Å². The van der Waals surface area contributed by atoms with Crippen molar-refractivity contribution < 1.29 is 0 Å². The lowest BCUT2D eigenvalue weighted by Gasteiger charge is -2.27. The van der Waals surface area contributed by atoms with Gasteiger partial charge in [-0.1, -0.05) is 44.4 Å². The molecule has 0 radical (unpaired) electrons. The Bertz CT molecular complexity index is 468. The molecule has 1 aromatic rings. The molecule has 3 N–H and O–H groups in total. The number of aromatic nitrogens is 2. The van der Waals surface area contributed by atoms with E-state index in [1.165, 1.54) is 32.1 Å². The molecule has 0 aromatic carbocycles. The number of hydrogen-bond acceptors (Lipinski definition) is 4. The lowest BCUT2D eigenvalue weighted by atomic mass is 9.85. The maximum absolute atomic E-state index is 11.6. The van der Waals surface area contributed by atoms with Gasteiger partial charge in [0.2, 0.25) is 0 Å². The van der Waals surface area contributed by atoms with Gasteiger partial charge in [0, 0.05) is 23.6 Å². The van der Waals surface area contributed by atoms with Crippen molar-refractivity contribution in [2.24, 2.45) is 11.7 Å². The van der Waals surface area contributed by atoms with Crippen LogP contribution in [0.25, 0.3) is 0 Å². The van der Waals surface area contributed by atoms with Gasteiger partial charge < -0.3 is 10.7 Å². The van der Waals surface area contributed by atoms with Gasteiger partial charge >= 0.3 is 0 Å². The minimum atomic E-state index is -0.0582. The van der Waals surface area contributed by atoms with Crippen LogP contribution in [0.2, 0.25) is 0 Å². The van der Waals surface area contributed by atoms with Crippen LogP contribution in [0.5, 0.6) is 0 Å². The summed E-state index contributed by atoms with van der Waals surface area (Å²) in [7, 11) is 0. The number of nitrogens with zero attached hydrogens (tertiary/aromatic N) is 1. The van der Waals surface area contributed by atoms with Gasteiger partial charge in [0.05, 0.1) is 0 Å². The molecule has 1 saturated carbocycles. The predicted octanol–water partition coefficient (Wildman–Crippen LogP) is 2.72. The lowest BCUT2D eigenvalue weighted by Crippen LogP contribution is -2.33. The Balaban J connectivity index is 1.90. The average molecular weight is 295 g/mol. The number of aryl methyl sites for hydroxylation is 1. The Morgan fingerprint density at radius 2 is 2.20 bits per heavy atom. The normalized spacial score (nSPS) is 18.1. The van der Waals surface area contributed by atoms with Crippen molar-refractivity contribution in [3.8, 4) is 0 Å². The van der Waals surface area contributed by atoms with Crippen LogP contribution in [0.4, 0.5) is 0 Å². The molecule has 1 heterocycles. The second-order valence-electron chi connectivity index (χ2n) is 5.66.